The fraction of sp³-hybridized carbons (Fsp3) is 0.667. The summed E-state index contributed by atoms with van der Waals surface area (Å²) in [5.41, 5.74) is 0. The van der Waals surface area contributed by atoms with Crippen LogP contribution in [0.1, 0.15) is 13.3 Å². The Balaban J connectivity index is 2.25. The summed E-state index contributed by atoms with van der Waals surface area (Å²) < 4.78 is 0. The van der Waals surface area contributed by atoms with Crippen LogP contribution in [-0.4, -0.2) is 11.1 Å². The SMILES string of the molecule is C[C@H]1[C@@H](C(=O)O)[C@@H]2C=C[C@H]1C2. The van der Waals surface area contributed by atoms with Crippen molar-refractivity contribution in [2.75, 3.05) is 0 Å². The molecule has 1 N–H and O–H groups in total. The van der Waals surface area contributed by atoms with Crippen LogP contribution >= 0.6 is 0 Å². The smallest absolute Gasteiger partial charge is 0.307 e. The lowest BCUT2D eigenvalue weighted by atomic mass is 9.85. The van der Waals surface area contributed by atoms with E-state index in [1.54, 1.807) is 0 Å². The fourth-order valence-corrected chi connectivity index (χ4v) is 2.48. The van der Waals surface area contributed by atoms with Crippen molar-refractivity contribution in [3.63, 3.8) is 0 Å². The molecule has 2 heteroatoms. The summed E-state index contributed by atoms with van der Waals surface area (Å²) in [6.07, 6.45) is 5.32. The molecule has 1 saturated carbocycles. The van der Waals surface area contributed by atoms with Crippen molar-refractivity contribution >= 4 is 5.97 Å². The molecule has 0 aromatic carbocycles. The van der Waals surface area contributed by atoms with Gasteiger partial charge in [0.25, 0.3) is 0 Å². The summed E-state index contributed by atoms with van der Waals surface area (Å²) in [7, 11) is 0. The summed E-state index contributed by atoms with van der Waals surface area (Å²) in [5, 5.41) is 8.87. The van der Waals surface area contributed by atoms with Crippen molar-refractivity contribution in [2.24, 2.45) is 23.7 Å². The maximum Gasteiger partial charge on any atom is 0.307 e. The molecule has 2 aliphatic rings. The first kappa shape index (κ1) is 6.89. The third kappa shape index (κ3) is 0.817. The molecule has 11 heavy (non-hydrogen) atoms. The van der Waals surface area contributed by atoms with Crippen LogP contribution in [0.5, 0.6) is 0 Å². The second kappa shape index (κ2) is 2.10. The van der Waals surface area contributed by atoms with Gasteiger partial charge in [0.2, 0.25) is 0 Å². The molecule has 0 aliphatic heterocycles. The molecular formula is C9H12O2. The summed E-state index contributed by atoms with van der Waals surface area (Å²) >= 11 is 0. The molecule has 0 radical (unpaired) electrons. The van der Waals surface area contributed by atoms with Gasteiger partial charge in [-0.05, 0) is 24.2 Å². The van der Waals surface area contributed by atoms with Gasteiger partial charge in [0.1, 0.15) is 0 Å². The average molecular weight is 152 g/mol. The van der Waals surface area contributed by atoms with E-state index in [1.807, 2.05) is 6.92 Å². The predicted molar refractivity (Wildman–Crippen MR) is 41.0 cm³/mol. The van der Waals surface area contributed by atoms with E-state index >= 15 is 0 Å². The first-order valence-electron chi connectivity index (χ1n) is 4.11. The van der Waals surface area contributed by atoms with E-state index in [1.165, 1.54) is 0 Å². The lowest BCUT2D eigenvalue weighted by Crippen LogP contribution is -2.25. The molecule has 0 aromatic heterocycles. The highest BCUT2D eigenvalue weighted by Crippen LogP contribution is 2.47. The van der Waals surface area contributed by atoms with E-state index < -0.39 is 5.97 Å². The Kier molecular flexibility index (Phi) is 1.31. The Bertz CT molecular complexity index is 220. The van der Waals surface area contributed by atoms with Gasteiger partial charge in [-0.2, -0.15) is 0 Å². The first-order chi connectivity index (χ1) is 5.20. The second-order valence-corrected chi connectivity index (χ2v) is 3.67. The van der Waals surface area contributed by atoms with Crippen molar-refractivity contribution in [3.8, 4) is 0 Å². The minimum absolute atomic E-state index is 0.106. The van der Waals surface area contributed by atoms with Crippen LogP contribution in [0.2, 0.25) is 0 Å². The van der Waals surface area contributed by atoms with Crippen molar-refractivity contribution in [3.05, 3.63) is 12.2 Å². The van der Waals surface area contributed by atoms with Gasteiger partial charge in [0.15, 0.2) is 0 Å². The molecule has 0 saturated heterocycles. The zero-order chi connectivity index (χ0) is 8.01. The van der Waals surface area contributed by atoms with Gasteiger partial charge in [-0.3, -0.25) is 4.79 Å². The zero-order valence-corrected chi connectivity index (χ0v) is 6.53. The summed E-state index contributed by atoms with van der Waals surface area (Å²) in [6, 6.07) is 0. The number of aliphatic carboxylic acids is 1. The van der Waals surface area contributed by atoms with E-state index in [2.05, 4.69) is 12.2 Å². The molecule has 0 heterocycles. The van der Waals surface area contributed by atoms with E-state index in [0.717, 1.165) is 6.42 Å². The maximum atomic E-state index is 10.8. The second-order valence-electron chi connectivity index (χ2n) is 3.67. The molecule has 0 amide bonds. The highest BCUT2D eigenvalue weighted by atomic mass is 16.4. The molecule has 2 rings (SSSR count). The van der Waals surface area contributed by atoms with Crippen LogP contribution in [-0.2, 0) is 4.79 Å². The number of fused-ring (bicyclic) bond motifs is 2. The topological polar surface area (TPSA) is 37.3 Å². The molecule has 2 nitrogen and oxygen atoms in total. The lowest BCUT2D eigenvalue weighted by molar-refractivity contribution is -0.144. The maximum absolute atomic E-state index is 10.8. The third-order valence-corrected chi connectivity index (χ3v) is 3.14. The van der Waals surface area contributed by atoms with Crippen molar-refractivity contribution < 1.29 is 9.90 Å². The molecule has 0 unspecified atom stereocenters. The van der Waals surface area contributed by atoms with Crippen LogP contribution in [0.3, 0.4) is 0 Å². The van der Waals surface area contributed by atoms with Crippen molar-refractivity contribution in [2.45, 2.75) is 13.3 Å². The first-order valence-corrected chi connectivity index (χ1v) is 4.11. The molecule has 4 atom stereocenters. The van der Waals surface area contributed by atoms with E-state index in [-0.39, 0.29) is 5.92 Å². The molecule has 60 valence electrons. The molecule has 1 fully saturated rings. The minimum atomic E-state index is -0.616. The minimum Gasteiger partial charge on any atom is -0.481 e. The molecule has 0 aromatic rings. The van der Waals surface area contributed by atoms with Crippen molar-refractivity contribution in [1.29, 1.82) is 0 Å². The van der Waals surface area contributed by atoms with Gasteiger partial charge in [0, 0.05) is 0 Å². The van der Waals surface area contributed by atoms with Gasteiger partial charge in [0.05, 0.1) is 5.92 Å². The highest BCUT2D eigenvalue weighted by molar-refractivity contribution is 5.72. The monoisotopic (exact) mass is 152 g/mol. The van der Waals surface area contributed by atoms with Gasteiger partial charge in [-0.25, -0.2) is 0 Å². The molecular weight excluding hydrogens is 140 g/mol. The number of allylic oxidation sites excluding steroid dienone is 2. The standard InChI is InChI=1S/C9H12O2/c1-5-6-2-3-7(4-6)8(5)9(10)11/h2-3,5-8H,4H2,1H3,(H,10,11)/t5-,6+,7-,8-/m1/s1. The van der Waals surface area contributed by atoms with Gasteiger partial charge >= 0.3 is 5.97 Å². The fourth-order valence-electron chi connectivity index (χ4n) is 2.48. The normalized spacial score (nSPS) is 46.6. The van der Waals surface area contributed by atoms with Crippen LogP contribution in [0, 0.1) is 23.7 Å². The number of carboxylic acids is 1. The summed E-state index contributed by atoms with van der Waals surface area (Å²) in [4.78, 5) is 10.8. The number of hydrogen-bond acceptors (Lipinski definition) is 1. The Morgan fingerprint density at radius 3 is 2.45 bits per heavy atom. The van der Waals surface area contributed by atoms with Crippen LogP contribution in [0.15, 0.2) is 12.2 Å². The third-order valence-electron chi connectivity index (χ3n) is 3.14. The van der Waals surface area contributed by atoms with Gasteiger partial charge in [-0.1, -0.05) is 19.1 Å². The van der Waals surface area contributed by atoms with E-state index in [9.17, 15) is 4.79 Å². The quantitative estimate of drug-likeness (QED) is 0.578. The predicted octanol–water partition coefficient (Wildman–Crippen LogP) is 1.53. The Morgan fingerprint density at radius 2 is 2.09 bits per heavy atom. The van der Waals surface area contributed by atoms with Crippen LogP contribution in [0.25, 0.3) is 0 Å². The highest BCUT2D eigenvalue weighted by Gasteiger charge is 2.45. The number of hydrogen-bond donors (Lipinski definition) is 1. The summed E-state index contributed by atoms with van der Waals surface area (Å²) in [6.45, 7) is 2.05. The van der Waals surface area contributed by atoms with Crippen LogP contribution in [0.4, 0.5) is 0 Å². The van der Waals surface area contributed by atoms with Crippen LogP contribution < -0.4 is 0 Å². The molecule has 2 aliphatic carbocycles. The zero-order valence-electron chi connectivity index (χ0n) is 6.53. The Morgan fingerprint density at radius 1 is 1.45 bits per heavy atom. The molecule has 0 spiro atoms. The Labute approximate surface area is 65.9 Å². The largest absolute Gasteiger partial charge is 0.481 e. The number of carbonyl (C=O) groups is 1. The van der Waals surface area contributed by atoms with Gasteiger partial charge in [-0.15, -0.1) is 0 Å². The van der Waals surface area contributed by atoms with E-state index in [4.69, 9.17) is 5.11 Å². The van der Waals surface area contributed by atoms with E-state index in [0.29, 0.717) is 17.8 Å². The summed E-state index contributed by atoms with van der Waals surface area (Å²) in [5.74, 6) is 0.496. The van der Waals surface area contributed by atoms with Gasteiger partial charge < -0.3 is 5.11 Å². The number of carboxylic acid groups (broad SMARTS) is 1. The number of rotatable bonds is 1. The lowest BCUT2D eigenvalue weighted by Gasteiger charge is -2.19. The molecule has 2 bridgehead atoms. The average Bonchev–Trinajstić information content (AvgIpc) is 2.44. The Hall–Kier alpha value is -0.790. The van der Waals surface area contributed by atoms with Crippen molar-refractivity contribution in [1.82, 2.24) is 0 Å².